The van der Waals surface area contributed by atoms with Gasteiger partial charge in [0.2, 0.25) is 0 Å². The minimum absolute atomic E-state index is 0.130. The third-order valence-electron chi connectivity index (χ3n) is 3.23. The molecule has 6 heteroatoms. The molecule has 21 heavy (non-hydrogen) atoms. The van der Waals surface area contributed by atoms with Crippen molar-refractivity contribution in [1.29, 1.82) is 0 Å². The molecule has 0 saturated carbocycles. The lowest BCUT2D eigenvalue weighted by Crippen LogP contribution is -2.14. The van der Waals surface area contributed by atoms with Crippen LogP contribution in [-0.2, 0) is 0 Å². The summed E-state index contributed by atoms with van der Waals surface area (Å²) in [6.07, 6.45) is 0. The Morgan fingerprint density at radius 2 is 2.05 bits per heavy atom. The maximum atomic E-state index is 12.5. The Balaban J connectivity index is 2.34. The SMILES string of the molecule is Cc1nn(C(C)C)c(C)c1NC(=O)c1cc(I)ccc1Br. The highest BCUT2D eigenvalue weighted by molar-refractivity contribution is 14.1. The third-order valence-corrected chi connectivity index (χ3v) is 4.59. The molecular formula is C15H17BrIN3O. The number of nitrogens with one attached hydrogen (secondary N) is 1. The van der Waals surface area contributed by atoms with Crippen LogP contribution >= 0.6 is 38.5 Å². The molecule has 0 aliphatic carbocycles. The summed E-state index contributed by atoms with van der Waals surface area (Å²) < 4.78 is 3.73. The number of halogens is 2. The van der Waals surface area contributed by atoms with Gasteiger partial charge < -0.3 is 5.32 Å². The Morgan fingerprint density at radius 1 is 1.38 bits per heavy atom. The average molecular weight is 462 g/mol. The number of rotatable bonds is 3. The largest absolute Gasteiger partial charge is 0.319 e. The van der Waals surface area contributed by atoms with E-state index >= 15 is 0 Å². The molecular weight excluding hydrogens is 445 g/mol. The summed E-state index contributed by atoms with van der Waals surface area (Å²) in [5.74, 6) is -0.130. The maximum Gasteiger partial charge on any atom is 0.256 e. The number of amides is 1. The van der Waals surface area contributed by atoms with Crippen LogP contribution in [0.15, 0.2) is 22.7 Å². The van der Waals surface area contributed by atoms with Crippen molar-refractivity contribution in [1.82, 2.24) is 9.78 Å². The zero-order valence-electron chi connectivity index (χ0n) is 12.4. The number of carbonyl (C=O) groups excluding carboxylic acids is 1. The highest BCUT2D eigenvalue weighted by Gasteiger charge is 2.18. The second-order valence-electron chi connectivity index (χ2n) is 5.16. The molecule has 1 heterocycles. The second kappa shape index (κ2) is 6.48. The first-order valence-electron chi connectivity index (χ1n) is 6.63. The van der Waals surface area contributed by atoms with Crippen molar-refractivity contribution in [2.45, 2.75) is 33.7 Å². The minimum atomic E-state index is -0.130. The summed E-state index contributed by atoms with van der Waals surface area (Å²) >= 11 is 5.62. The van der Waals surface area contributed by atoms with Crippen molar-refractivity contribution in [2.24, 2.45) is 0 Å². The van der Waals surface area contributed by atoms with Crippen molar-refractivity contribution in [3.8, 4) is 0 Å². The normalized spacial score (nSPS) is 11.0. The van der Waals surface area contributed by atoms with Gasteiger partial charge in [0, 0.05) is 14.1 Å². The molecule has 2 aromatic rings. The van der Waals surface area contributed by atoms with Crippen molar-refractivity contribution in [3.05, 3.63) is 43.2 Å². The summed E-state index contributed by atoms with van der Waals surface area (Å²) in [5, 5.41) is 7.47. The van der Waals surface area contributed by atoms with Gasteiger partial charge in [-0.3, -0.25) is 9.48 Å². The van der Waals surface area contributed by atoms with Gasteiger partial charge >= 0.3 is 0 Å². The molecule has 0 aliphatic rings. The summed E-state index contributed by atoms with van der Waals surface area (Å²) in [6, 6.07) is 5.96. The summed E-state index contributed by atoms with van der Waals surface area (Å²) in [7, 11) is 0. The fourth-order valence-corrected chi connectivity index (χ4v) is 3.12. The van der Waals surface area contributed by atoms with Crippen LogP contribution in [0.2, 0.25) is 0 Å². The molecule has 2 rings (SSSR count). The second-order valence-corrected chi connectivity index (χ2v) is 7.26. The van der Waals surface area contributed by atoms with Crippen LogP contribution in [0, 0.1) is 17.4 Å². The van der Waals surface area contributed by atoms with Crippen LogP contribution in [0.4, 0.5) is 5.69 Å². The van der Waals surface area contributed by atoms with E-state index in [-0.39, 0.29) is 11.9 Å². The molecule has 1 N–H and O–H groups in total. The molecule has 1 aromatic heterocycles. The number of carbonyl (C=O) groups is 1. The quantitative estimate of drug-likeness (QED) is 0.673. The average Bonchev–Trinajstić information content (AvgIpc) is 2.69. The van der Waals surface area contributed by atoms with Gasteiger partial charge in [-0.15, -0.1) is 0 Å². The lowest BCUT2D eigenvalue weighted by atomic mass is 10.2. The Bertz CT molecular complexity index is 694. The number of anilines is 1. The highest BCUT2D eigenvalue weighted by Crippen LogP contribution is 2.25. The Hall–Kier alpha value is -0.890. The van der Waals surface area contributed by atoms with Crippen LogP contribution in [0.25, 0.3) is 0 Å². The van der Waals surface area contributed by atoms with Gasteiger partial charge in [-0.05, 0) is 84.4 Å². The molecule has 0 unspecified atom stereocenters. The minimum Gasteiger partial charge on any atom is -0.319 e. The standard InChI is InChI=1S/C15H17BrIN3O/c1-8(2)20-10(4)14(9(3)19-20)18-15(21)12-7-11(17)5-6-13(12)16/h5-8H,1-4H3,(H,18,21). The van der Waals surface area contributed by atoms with Crippen molar-refractivity contribution in [2.75, 3.05) is 5.32 Å². The van der Waals surface area contributed by atoms with E-state index in [4.69, 9.17) is 0 Å². The van der Waals surface area contributed by atoms with Crippen molar-refractivity contribution < 1.29 is 4.79 Å². The topological polar surface area (TPSA) is 46.9 Å². The first kappa shape index (κ1) is 16.5. The Labute approximate surface area is 146 Å². The molecule has 1 amide bonds. The van der Waals surface area contributed by atoms with E-state index in [1.54, 1.807) is 0 Å². The van der Waals surface area contributed by atoms with Gasteiger partial charge in [0.1, 0.15) is 0 Å². The van der Waals surface area contributed by atoms with Gasteiger partial charge in [0.15, 0.2) is 0 Å². The van der Waals surface area contributed by atoms with Gasteiger partial charge in [-0.2, -0.15) is 5.10 Å². The molecule has 0 spiro atoms. The number of nitrogens with zero attached hydrogens (tertiary/aromatic N) is 2. The maximum absolute atomic E-state index is 12.5. The number of aryl methyl sites for hydroxylation is 1. The Kier molecular flexibility index (Phi) is 5.08. The third kappa shape index (κ3) is 3.48. The zero-order valence-corrected chi connectivity index (χ0v) is 16.1. The van der Waals surface area contributed by atoms with Crippen LogP contribution in [0.1, 0.15) is 41.6 Å². The molecule has 0 bridgehead atoms. The Morgan fingerprint density at radius 3 is 2.62 bits per heavy atom. The van der Waals surface area contributed by atoms with E-state index in [2.05, 4.69) is 62.8 Å². The van der Waals surface area contributed by atoms with Gasteiger partial charge in [-0.25, -0.2) is 0 Å². The summed E-state index contributed by atoms with van der Waals surface area (Å²) in [6.45, 7) is 8.02. The lowest BCUT2D eigenvalue weighted by Gasteiger charge is -2.10. The lowest BCUT2D eigenvalue weighted by molar-refractivity contribution is 0.102. The summed E-state index contributed by atoms with van der Waals surface area (Å²) in [4.78, 5) is 12.5. The van der Waals surface area contributed by atoms with Crippen molar-refractivity contribution >= 4 is 50.1 Å². The van der Waals surface area contributed by atoms with Crippen molar-refractivity contribution in [3.63, 3.8) is 0 Å². The number of benzene rings is 1. The van der Waals surface area contributed by atoms with E-state index in [1.807, 2.05) is 36.7 Å². The van der Waals surface area contributed by atoms with Gasteiger partial charge in [0.05, 0.1) is 22.6 Å². The van der Waals surface area contributed by atoms with E-state index in [9.17, 15) is 4.79 Å². The fourth-order valence-electron chi connectivity index (χ4n) is 2.20. The van der Waals surface area contributed by atoms with Gasteiger partial charge in [0.25, 0.3) is 5.91 Å². The van der Waals surface area contributed by atoms with E-state index in [1.165, 1.54) is 0 Å². The molecule has 112 valence electrons. The summed E-state index contributed by atoms with van der Waals surface area (Å²) in [5.41, 5.74) is 3.21. The molecule has 1 aromatic carbocycles. The fraction of sp³-hybridized carbons (Fsp3) is 0.333. The molecule has 0 saturated heterocycles. The number of aromatic nitrogens is 2. The van der Waals surface area contributed by atoms with Crippen LogP contribution in [-0.4, -0.2) is 15.7 Å². The van der Waals surface area contributed by atoms with Crippen LogP contribution in [0.5, 0.6) is 0 Å². The van der Waals surface area contributed by atoms with Crippen LogP contribution in [0.3, 0.4) is 0 Å². The highest BCUT2D eigenvalue weighted by atomic mass is 127. The first-order valence-corrected chi connectivity index (χ1v) is 8.50. The van der Waals surface area contributed by atoms with Gasteiger partial charge in [-0.1, -0.05) is 0 Å². The van der Waals surface area contributed by atoms with Crippen LogP contribution < -0.4 is 5.32 Å². The monoisotopic (exact) mass is 461 g/mol. The molecule has 0 atom stereocenters. The number of hydrogen-bond acceptors (Lipinski definition) is 2. The predicted molar refractivity (Wildman–Crippen MR) is 96.9 cm³/mol. The molecule has 4 nitrogen and oxygen atoms in total. The van der Waals surface area contributed by atoms with E-state index < -0.39 is 0 Å². The molecule has 0 aliphatic heterocycles. The first-order chi connectivity index (χ1) is 9.81. The van der Waals surface area contributed by atoms with E-state index in [0.29, 0.717) is 5.56 Å². The molecule has 0 radical (unpaired) electrons. The smallest absolute Gasteiger partial charge is 0.256 e. The molecule has 0 fully saturated rings. The zero-order chi connectivity index (χ0) is 15.7. The number of hydrogen-bond donors (Lipinski definition) is 1. The predicted octanol–water partition coefficient (Wildman–Crippen LogP) is 4.70. The van der Waals surface area contributed by atoms with E-state index in [0.717, 1.165) is 25.1 Å².